The van der Waals surface area contributed by atoms with Crippen LogP contribution in [0, 0.1) is 0 Å². The zero-order valence-electron chi connectivity index (χ0n) is 9.51. The molecule has 3 heteroatoms. The van der Waals surface area contributed by atoms with E-state index in [4.69, 9.17) is 4.74 Å². The molecule has 0 aromatic rings. The molecular formula is C11H21NO2. The molecular weight excluding hydrogens is 178 g/mol. The van der Waals surface area contributed by atoms with E-state index >= 15 is 0 Å². The van der Waals surface area contributed by atoms with Crippen LogP contribution in [0.2, 0.25) is 0 Å². The fraction of sp³-hybridized carbons (Fsp3) is 0.909. The van der Waals surface area contributed by atoms with Gasteiger partial charge >= 0.3 is 0 Å². The number of methoxy groups -OCH3 is 1. The minimum absolute atomic E-state index is 0.0891. The van der Waals surface area contributed by atoms with Crippen molar-refractivity contribution in [1.82, 2.24) is 4.90 Å². The number of nitrogens with zero attached hydrogens (tertiary/aromatic N) is 1. The molecule has 3 nitrogen and oxygen atoms in total. The van der Waals surface area contributed by atoms with Gasteiger partial charge < -0.3 is 4.74 Å². The van der Waals surface area contributed by atoms with Crippen molar-refractivity contribution in [2.45, 2.75) is 38.6 Å². The molecule has 14 heavy (non-hydrogen) atoms. The van der Waals surface area contributed by atoms with Crippen LogP contribution >= 0.6 is 0 Å². The second-order valence-electron chi connectivity index (χ2n) is 3.90. The summed E-state index contributed by atoms with van der Waals surface area (Å²) in [6.07, 6.45) is 3.06. The quantitative estimate of drug-likeness (QED) is 0.674. The van der Waals surface area contributed by atoms with E-state index in [1.807, 2.05) is 13.8 Å². The fourth-order valence-electron chi connectivity index (χ4n) is 2.56. The Morgan fingerprint density at radius 3 is 2.86 bits per heavy atom. The molecule has 2 heterocycles. The van der Waals surface area contributed by atoms with E-state index in [1.165, 1.54) is 6.42 Å². The van der Waals surface area contributed by atoms with E-state index in [0.29, 0.717) is 18.7 Å². The average molecular weight is 199 g/mol. The Balaban J connectivity index is 0.000000461. The molecule has 0 aromatic heterocycles. The van der Waals surface area contributed by atoms with Crippen molar-refractivity contribution in [2.75, 3.05) is 26.8 Å². The minimum atomic E-state index is 0.0891. The van der Waals surface area contributed by atoms with E-state index < -0.39 is 0 Å². The van der Waals surface area contributed by atoms with E-state index in [9.17, 15) is 4.79 Å². The van der Waals surface area contributed by atoms with Gasteiger partial charge in [0.2, 0.25) is 0 Å². The zero-order valence-corrected chi connectivity index (χ0v) is 9.51. The van der Waals surface area contributed by atoms with E-state index in [-0.39, 0.29) is 5.54 Å². The number of Topliss-reactive ketones (excluding diaryl/α,β-unsaturated/α-hetero) is 1. The second-order valence-corrected chi connectivity index (χ2v) is 3.90. The van der Waals surface area contributed by atoms with Gasteiger partial charge in [0.25, 0.3) is 0 Å². The SMILES string of the molecule is CC.COCC12CCCN1CC(=O)C2. The third-order valence-electron chi connectivity index (χ3n) is 3.05. The molecule has 2 aliphatic heterocycles. The van der Waals surface area contributed by atoms with Gasteiger partial charge in [-0.3, -0.25) is 9.69 Å². The highest BCUT2D eigenvalue weighted by Crippen LogP contribution is 2.37. The molecule has 0 aromatic carbocycles. The summed E-state index contributed by atoms with van der Waals surface area (Å²) < 4.78 is 5.18. The normalized spacial score (nSPS) is 31.2. The molecule has 2 aliphatic rings. The molecule has 1 unspecified atom stereocenters. The summed E-state index contributed by atoms with van der Waals surface area (Å²) in [4.78, 5) is 13.5. The lowest BCUT2D eigenvalue weighted by Gasteiger charge is -2.29. The Morgan fingerprint density at radius 2 is 2.21 bits per heavy atom. The van der Waals surface area contributed by atoms with Gasteiger partial charge in [-0.15, -0.1) is 0 Å². The van der Waals surface area contributed by atoms with Crippen LogP contribution in [-0.4, -0.2) is 43.0 Å². The van der Waals surface area contributed by atoms with Crippen LogP contribution in [0.3, 0.4) is 0 Å². The fourth-order valence-corrected chi connectivity index (χ4v) is 2.56. The Hall–Kier alpha value is -0.410. The van der Waals surface area contributed by atoms with Crippen LogP contribution < -0.4 is 0 Å². The number of hydrogen-bond donors (Lipinski definition) is 0. The highest BCUT2D eigenvalue weighted by Gasteiger charge is 2.47. The van der Waals surface area contributed by atoms with Gasteiger partial charge in [-0.2, -0.15) is 0 Å². The number of ether oxygens (including phenoxy) is 1. The zero-order chi connectivity index (χ0) is 10.6. The first-order chi connectivity index (χ1) is 6.77. The highest BCUT2D eigenvalue weighted by molar-refractivity contribution is 5.84. The smallest absolute Gasteiger partial charge is 0.148 e. The van der Waals surface area contributed by atoms with Gasteiger partial charge in [0.15, 0.2) is 0 Å². The summed E-state index contributed by atoms with van der Waals surface area (Å²) >= 11 is 0. The molecule has 0 amide bonds. The molecule has 0 N–H and O–H groups in total. The third kappa shape index (κ3) is 1.98. The molecule has 1 atom stereocenters. The topological polar surface area (TPSA) is 29.5 Å². The first-order valence-electron chi connectivity index (χ1n) is 5.52. The first-order valence-corrected chi connectivity index (χ1v) is 5.52. The van der Waals surface area contributed by atoms with Gasteiger partial charge in [-0.25, -0.2) is 0 Å². The molecule has 0 bridgehead atoms. The average Bonchev–Trinajstić information content (AvgIpc) is 2.64. The van der Waals surface area contributed by atoms with Crippen molar-refractivity contribution < 1.29 is 9.53 Å². The summed E-state index contributed by atoms with van der Waals surface area (Å²) in [6, 6.07) is 0. The van der Waals surface area contributed by atoms with Crippen LogP contribution in [0.25, 0.3) is 0 Å². The number of carbonyl (C=O) groups excluding carboxylic acids is 1. The number of rotatable bonds is 2. The first kappa shape index (κ1) is 11.7. The van der Waals surface area contributed by atoms with E-state index in [0.717, 1.165) is 19.6 Å². The van der Waals surface area contributed by atoms with Crippen molar-refractivity contribution >= 4 is 5.78 Å². The van der Waals surface area contributed by atoms with Crippen molar-refractivity contribution in [3.63, 3.8) is 0 Å². The van der Waals surface area contributed by atoms with Crippen molar-refractivity contribution in [3.8, 4) is 0 Å². The third-order valence-corrected chi connectivity index (χ3v) is 3.05. The van der Waals surface area contributed by atoms with Crippen LogP contribution in [0.15, 0.2) is 0 Å². The van der Waals surface area contributed by atoms with Crippen molar-refractivity contribution in [3.05, 3.63) is 0 Å². The molecule has 2 rings (SSSR count). The number of carbonyl (C=O) groups is 1. The predicted molar refractivity (Wildman–Crippen MR) is 56.4 cm³/mol. The summed E-state index contributed by atoms with van der Waals surface area (Å²) in [6.45, 7) is 6.46. The monoisotopic (exact) mass is 199 g/mol. The van der Waals surface area contributed by atoms with Crippen molar-refractivity contribution in [1.29, 1.82) is 0 Å². The summed E-state index contributed by atoms with van der Waals surface area (Å²) in [5, 5.41) is 0. The maximum absolute atomic E-state index is 11.2. The maximum atomic E-state index is 11.2. The summed E-state index contributed by atoms with van der Waals surface area (Å²) in [7, 11) is 1.72. The minimum Gasteiger partial charge on any atom is -0.383 e. The maximum Gasteiger partial charge on any atom is 0.148 e. The van der Waals surface area contributed by atoms with Gasteiger partial charge in [0.05, 0.1) is 18.7 Å². The lowest BCUT2D eigenvalue weighted by molar-refractivity contribution is -0.117. The molecule has 2 saturated heterocycles. The van der Waals surface area contributed by atoms with E-state index in [2.05, 4.69) is 4.90 Å². The Morgan fingerprint density at radius 1 is 1.50 bits per heavy atom. The highest BCUT2D eigenvalue weighted by atomic mass is 16.5. The second kappa shape index (κ2) is 4.89. The molecule has 2 fully saturated rings. The molecule has 0 spiro atoms. The largest absolute Gasteiger partial charge is 0.383 e. The van der Waals surface area contributed by atoms with Gasteiger partial charge in [0.1, 0.15) is 5.78 Å². The summed E-state index contributed by atoms with van der Waals surface area (Å²) in [5.74, 6) is 0.381. The predicted octanol–water partition coefficient (Wildman–Crippen LogP) is 1.47. The standard InChI is InChI=1S/C9H15NO2.C2H6/c1-12-7-9-3-2-4-10(9)6-8(11)5-9;1-2/h2-7H2,1H3;1-2H3. The summed E-state index contributed by atoms with van der Waals surface area (Å²) in [5.41, 5.74) is 0.0891. The Labute approximate surface area is 86.4 Å². The number of hydrogen-bond acceptors (Lipinski definition) is 3. The molecule has 0 saturated carbocycles. The van der Waals surface area contributed by atoms with Crippen molar-refractivity contribution in [2.24, 2.45) is 0 Å². The lowest BCUT2D eigenvalue weighted by atomic mass is 9.95. The Bertz CT molecular complexity index is 205. The van der Waals surface area contributed by atoms with Crippen LogP contribution in [0.1, 0.15) is 33.1 Å². The van der Waals surface area contributed by atoms with Crippen LogP contribution in [0.4, 0.5) is 0 Å². The molecule has 0 radical (unpaired) electrons. The van der Waals surface area contributed by atoms with Crippen LogP contribution in [-0.2, 0) is 9.53 Å². The van der Waals surface area contributed by atoms with Gasteiger partial charge in [-0.1, -0.05) is 13.8 Å². The number of fused-ring (bicyclic) bond motifs is 1. The molecule has 0 aliphatic carbocycles. The van der Waals surface area contributed by atoms with E-state index in [1.54, 1.807) is 7.11 Å². The lowest BCUT2D eigenvalue weighted by Crippen LogP contribution is -2.42. The van der Waals surface area contributed by atoms with Crippen LogP contribution in [0.5, 0.6) is 0 Å². The molecule has 82 valence electrons. The van der Waals surface area contributed by atoms with Gasteiger partial charge in [-0.05, 0) is 19.4 Å². The Kier molecular flexibility index (Phi) is 4.08. The number of ketones is 1. The van der Waals surface area contributed by atoms with Gasteiger partial charge in [0, 0.05) is 13.5 Å².